The van der Waals surface area contributed by atoms with Crippen LogP contribution in [-0.2, 0) is 6.42 Å². The summed E-state index contributed by atoms with van der Waals surface area (Å²) < 4.78 is 0. The lowest BCUT2D eigenvalue weighted by atomic mass is 10.1. The van der Waals surface area contributed by atoms with Gasteiger partial charge in [0.2, 0.25) is 0 Å². The number of carboxylic acid groups (broad SMARTS) is 1. The SMILES string of the molecule is CCCCCc1ccc(N2CCN(c3ccc(C(=O)O)cc3)CC2)cc1. The molecule has 0 saturated carbocycles. The fourth-order valence-corrected chi connectivity index (χ4v) is 3.49. The Bertz CT molecular complexity index is 702. The third-order valence-electron chi connectivity index (χ3n) is 5.13. The fourth-order valence-electron chi connectivity index (χ4n) is 3.49. The van der Waals surface area contributed by atoms with Gasteiger partial charge in [0.25, 0.3) is 0 Å². The van der Waals surface area contributed by atoms with Crippen LogP contribution in [0.15, 0.2) is 48.5 Å². The smallest absolute Gasteiger partial charge is 0.335 e. The average Bonchev–Trinajstić information content (AvgIpc) is 2.69. The molecule has 3 rings (SSSR count). The molecule has 0 atom stereocenters. The van der Waals surface area contributed by atoms with Gasteiger partial charge in [-0.25, -0.2) is 4.79 Å². The number of anilines is 2. The van der Waals surface area contributed by atoms with Crippen molar-refractivity contribution < 1.29 is 9.90 Å². The van der Waals surface area contributed by atoms with Crippen LogP contribution in [0.2, 0.25) is 0 Å². The summed E-state index contributed by atoms with van der Waals surface area (Å²) in [5, 5.41) is 9.01. The minimum absolute atomic E-state index is 0.339. The van der Waals surface area contributed by atoms with Gasteiger partial charge in [0.05, 0.1) is 5.56 Å². The van der Waals surface area contributed by atoms with Crippen LogP contribution in [0.5, 0.6) is 0 Å². The largest absolute Gasteiger partial charge is 0.478 e. The van der Waals surface area contributed by atoms with Crippen molar-refractivity contribution in [2.45, 2.75) is 32.6 Å². The fraction of sp³-hybridized carbons (Fsp3) is 0.409. The number of piperazine rings is 1. The van der Waals surface area contributed by atoms with Crippen molar-refractivity contribution in [3.8, 4) is 0 Å². The normalized spacial score (nSPS) is 14.5. The zero-order valence-corrected chi connectivity index (χ0v) is 15.5. The van der Waals surface area contributed by atoms with Gasteiger partial charge in [0.1, 0.15) is 0 Å². The first-order valence-corrected chi connectivity index (χ1v) is 9.59. The highest BCUT2D eigenvalue weighted by molar-refractivity contribution is 5.88. The van der Waals surface area contributed by atoms with Gasteiger partial charge in [0.15, 0.2) is 0 Å². The van der Waals surface area contributed by atoms with Gasteiger partial charge in [0, 0.05) is 37.6 Å². The number of unbranched alkanes of at least 4 members (excludes halogenated alkanes) is 2. The number of carboxylic acids is 1. The van der Waals surface area contributed by atoms with Crippen molar-refractivity contribution >= 4 is 17.3 Å². The monoisotopic (exact) mass is 352 g/mol. The predicted octanol–water partition coefficient (Wildman–Crippen LogP) is 4.44. The van der Waals surface area contributed by atoms with E-state index in [-0.39, 0.29) is 0 Å². The molecule has 4 heteroatoms. The molecule has 2 aromatic carbocycles. The summed E-state index contributed by atoms with van der Waals surface area (Å²) in [5.41, 5.74) is 4.16. The van der Waals surface area contributed by atoms with Gasteiger partial charge < -0.3 is 14.9 Å². The maximum atomic E-state index is 11.0. The molecule has 0 amide bonds. The van der Waals surface area contributed by atoms with E-state index >= 15 is 0 Å². The topological polar surface area (TPSA) is 43.8 Å². The lowest BCUT2D eigenvalue weighted by molar-refractivity contribution is 0.0697. The minimum Gasteiger partial charge on any atom is -0.478 e. The van der Waals surface area contributed by atoms with Gasteiger partial charge in [-0.3, -0.25) is 0 Å². The van der Waals surface area contributed by atoms with Crippen LogP contribution in [0.4, 0.5) is 11.4 Å². The molecule has 1 aliphatic heterocycles. The van der Waals surface area contributed by atoms with Crippen molar-refractivity contribution in [3.05, 3.63) is 59.7 Å². The van der Waals surface area contributed by atoms with Crippen molar-refractivity contribution in [3.63, 3.8) is 0 Å². The van der Waals surface area contributed by atoms with Crippen molar-refractivity contribution in [2.24, 2.45) is 0 Å². The van der Waals surface area contributed by atoms with E-state index in [0.29, 0.717) is 5.56 Å². The summed E-state index contributed by atoms with van der Waals surface area (Å²) >= 11 is 0. The van der Waals surface area contributed by atoms with Gasteiger partial charge in [-0.15, -0.1) is 0 Å². The van der Waals surface area contributed by atoms with Crippen LogP contribution in [0, 0.1) is 0 Å². The number of carbonyl (C=O) groups is 1. The highest BCUT2D eigenvalue weighted by Gasteiger charge is 2.17. The molecule has 1 fully saturated rings. The van der Waals surface area contributed by atoms with Crippen LogP contribution >= 0.6 is 0 Å². The number of rotatable bonds is 7. The van der Waals surface area contributed by atoms with E-state index in [0.717, 1.165) is 31.9 Å². The molecule has 1 heterocycles. The summed E-state index contributed by atoms with van der Waals surface area (Å²) in [6.45, 7) is 6.10. The summed E-state index contributed by atoms with van der Waals surface area (Å²) in [7, 11) is 0. The molecule has 0 radical (unpaired) electrons. The van der Waals surface area contributed by atoms with Gasteiger partial charge >= 0.3 is 5.97 Å². The molecule has 1 aliphatic rings. The quantitative estimate of drug-likeness (QED) is 0.748. The van der Waals surface area contributed by atoms with E-state index < -0.39 is 5.97 Å². The molecule has 0 bridgehead atoms. The maximum absolute atomic E-state index is 11.0. The lowest BCUT2D eigenvalue weighted by Crippen LogP contribution is -2.46. The molecule has 2 aromatic rings. The van der Waals surface area contributed by atoms with Crippen LogP contribution in [0.25, 0.3) is 0 Å². The second-order valence-electron chi connectivity index (χ2n) is 6.95. The molecule has 26 heavy (non-hydrogen) atoms. The van der Waals surface area contributed by atoms with Crippen LogP contribution < -0.4 is 9.80 Å². The van der Waals surface area contributed by atoms with E-state index in [1.54, 1.807) is 12.1 Å². The molecule has 0 unspecified atom stereocenters. The minimum atomic E-state index is -0.875. The first kappa shape index (κ1) is 18.3. The Kier molecular flexibility index (Phi) is 6.16. The molecular weight excluding hydrogens is 324 g/mol. The standard InChI is InChI=1S/C22H28N2O2/c1-2-3-4-5-18-6-10-20(11-7-18)23-14-16-24(17-15-23)21-12-8-19(9-13-21)22(25)26/h6-13H,2-5,14-17H2,1H3,(H,25,26). The predicted molar refractivity (Wildman–Crippen MR) is 107 cm³/mol. The van der Waals surface area contributed by atoms with Crippen LogP contribution in [-0.4, -0.2) is 37.3 Å². The van der Waals surface area contributed by atoms with E-state index in [2.05, 4.69) is 41.0 Å². The third kappa shape index (κ3) is 4.57. The Morgan fingerprint density at radius 1 is 0.846 bits per heavy atom. The van der Waals surface area contributed by atoms with Crippen LogP contribution in [0.3, 0.4) is 0 Å². The first-order valence-electron chi connectivity index (χ1n) is 9.59. The van der Waals surface area contributed by atoms with Crippen molar-refractivity contribution in [1.82, 2.24) is 0 Å². The summed E-state index contributed by atoms with van der Waals surface area (Å²) in [6, 6.07) is 16.2. The molecule has 0 aliphatic carbocycles. The molecule has 0 spiro atoms. The van der Waals surface area contributed by atoms with Gasteiger partial charge in [-0.05, 0) is 54.8 Å². The molecule has 138 valence electrons. The third-order valence-corrected chi connectivity index (χ3v) is 5.13. The lowest BCUT2D eigenvalue weighted by Gasteiger charge is -2.37. The summed E-state index contributed by atoms with van der Waals surface area (Å²) in [6.07, 6.45) is 5.02. The highest BCUT2D eigenvalue weighted by Crippen LogP contribution is 2.22. The number of aryl methyl sites for hydroxylation is 1. The molecule has 1 saturated heterocycles. The van der Waals surface area contributed by atoms with Crippen molar-refractivity contribution in [1.29, 1.82) is 0 Å². The maximum Gasteiger partial charge on any atom is 0.335 e. The Hall–Kier alpha value is -2.49. The zero-order valence-electron chi connectivity index (χ0n) is 15.5. The van der Waals surface area contributed by atoms with E-state index in [1.807, 2.05) is 12.1 Å². The molecule has 4 nitrogen and oxygen atoms in total. The zero-order chi connectivity index (χ0) is 18.4. The number of hydrogen-bond donors (Lipinski definition) is 1. The first-order chi connectivity index (χ1) is 12.7. The van der Waals surface area contributed by atoms with Crippen molar-refractivity contribution in [2.75, 3.05) is 36.0 Å². The Labute approximate surface area is 156 Å². The Morgan fingerprint density at radius 2 is 1.35 bits per heavy atom. The highest BCUT2D eigenvalue weighted by atomic mass is 16.4. The number of benzene rings is 2. The van der Waals surface area contributed by atoms with Gasteiger partial charge in [-0.2, -0.15) is 0 Å². The molecule has 0 aromatic heterocycles. The Morgan fingerprint density at radius 3 is 1.81 bits per heavy atom. The number of aromatic carboxylic acids is 1. The second-order valence-corrected chi connectivity index (χ2v) is 6.95. The second kappa shape index (κ2) is 8.75. The van der Waals surface area contributed by atoms with Gasteiger partial charge in [-0.1, -0.05) is 31.9 Å². The Balaban J connectivity index is 1.53. The molecule has 1 N–H and O–H groups in total. The average molecular weight is 352 g/mol. The van der Waals surface area contributed by atoms with E-state index in [4.69, 9.17) is 5.11 Å². The number of hydrogen-bond acceptors (Lipinski definition) is 3. The van der Waals surface area contributed by atoms with Crippen LogP contribution in [0.1, 0.15) is 42.1 Å². The van der Waals surface area contributed by atoms with E-state index in [9.17, 15) is 4.79 Å². The summed E-state index contributed by atoms with van der Waals surface area (Å²) in [4.78, 5) is 15.7. The molecular formula is C22H28N2O2. The number of nitrogens with zero attached hydrogens (tertiary/aromatic N) is 2. The van der Waals surface area contributed by atoms with E-state index in [1.165, 1.54) is 36.9 Å². The summed E-state index contributed by atoms with van der Waals surface area (Å²) in [5.74, 6) is -0.875.